The highest BCUT2D eigenvalue weighted by molar-refractivity contribution is 7.19. The lowest BCUT2D eigenvalue weighted by atomic mass is 10.2. The monoisotopic (exact) mass is 273 g/mol. The van der Waals surface area contributed by atoms with E-state index in [9.17, 15) is 5.11 Å². The summed E-state index contributed by atoms with van der Waals surface area (Å²) in [7, 11) is 0. The fourth-order valence-corrected chi connectivity index (χ4v) is 2.86. The lowest BCUT2D eigenvalue weighted by molar-refractivity contribution is 0.478. The maximum Gasteiger partial charge on any atom is 0.234 e. The van der Waals surface area contributed by atoms with Gasteiger partial charge in [-0.1, -0.05) is 11.3 Å². The van der Waals surface area contributed by atoms with Crippen molar-refractivity contribution in [3.63, 3.8) is 0 Å². The quantitative estimate of drug-likeness (QED) is 0.550. The van der Waals surface area contributed by atoms with Crippen molar-refractivity contribution in [3.05, 3.63) is 24.0 Å². The highest BCUT2D eigenvalue weighted by Crippen LogP contribution is 2.40. The molecule has 2 heterocycles. The summed E-state index contributed by atoms with van der Waals surface area (Å²) in [6.45, 7) is 0. The largest absolute Gasteiger partial charge is 0.506 e. The summed E-state index contributed by atoms with van der Waals surface area (Å²) in [6.07, 6.45) is 2.33. The topological polar surface area (TPSA) is 89.3 Å². The van der Waals surface area contributed by atoms with Crippen LogP contribution in [0.3, 0.4) is 0 Å². The number of phenolic OH excluding ortho intramolecular Hbond substituents is 1. The van der Waals surface area contributed by atoms with Crippen LogP contribution in [0.2, 0.25) is 0 Å². The van der Waals surface area contributed by atoms with E-state index in [1.54, 1.807) is 12.1 Å². The van der Waals surface area contributed by atoms with E-state index >= 15 is 0 Å². The number of fused-ring (bicyclic) bond motifs is 1. The molecule has 1 saturated carbocycles. The van der Waals surface area contributed by atoms with E-state index in [1.807, 2.05) is 10.6 Å². The van der Waals surface area contributed by atoms with Gasteiger partial charge in [0.2, 0.25) is 4.96 Å². The van der Waals surface area contributed by atoms with Crippen LogP contribution in [-0.2, 0) is 0 Å². The van der Waals surface area contributed by atoms with E-state index in [-0.39, 0.29) is 5.75 Å². The summed E-state index contributed by atoms with van der Waals surface area (Å²) >= 11 is 1.46. The second-order valence-corrected chi connectivity index (χ2v) is 5.66. The van der Waals surface area contributed by atoms with E-state index in [0.717, 1.165) is 34.2 Å². The van der Waals surface area contributed by atoms with Gasteiger partial charge in [0.1, 0.15) is 10.8 Å². The molecule has 0 aliphatic heterocycles. The molecule has 4 rings (SSSR count). The molecule has 7 heteroatoms. The first-order valence-corrected chi connectivity index (χ1v) is 6.85. The Morgan fingerprint density at radius 1 is 1.32 bits per heavy atom. The molecule has 6 nitrogen and oxygen atoms in total. The van der Waals surface area contributed by atoms with Crippen LogP contribution in [0.15, 0.2) is 18.2 Å². The molecule has 0 spiro atoms. The zero-order valence-corrected chi connectivity index (χ0v) is 10.8. The van der Waals surface area contributed by atoms with Crippen molar-refractivity contribution in [2.45, 2.75) is 18.8 Å². The lowest BCUT2D eigenvalue weighted by Crippen LogP contribution is -1.93. The molecule has 2 aromatic heterocycles. The molecule has 0 saturated heterocycles. The number of hydrogen-bond acceptors (Lipinski definition) is 6. The molecule has 3 aromatic rings. The minimum absolute atomic E-state index is 0.0749. The molecule has 0 amide bonds. The first-order chi connectivity index (χ1) is 9.22. The Kier molecular flexibility index (Phi) is 2.08. The minimum Gasteiger partial charge on any atom is -0.506 e. The highest BCUT2D eigenvalue weighted by Gasteiger charge is 2.30. The predicted octanol–water partition coefficient (Wildman–Crippen LogP) is 2.02. The number of anilines is 1. The van der Waals surface area contributed by atoms with Crippen molar-refractivity contribution in [3.8, 4) is 16.3 Å². The Balaban J connectivity index is 1.84. The van der Waals surface area contributed by atoms with Crippen molar-refractivity contribution in [2.24, 2.45) is 0 Å². The maximum absolute atomic E-state index is 9.66. The van der Waals surface area contributed by atoms with E-state index in [2.05, 4.69) is 15.3 Å². The van der Waals surface area contributed by atoms with Crippen LogP contribution in [0.1, 0.15) is 24.6 Å². The van der Waals surface area contributed by atoms with Gasteiger partial charge in [-0.3, -0.25) is 0 Å². The fraction of sp³-hybridized carbons (Fsp3) is 0.250. The second-order valence-electron chi connectivity index (χ2n) is 4.71. The summed E-state index contributed by atoms with van der Waals surface area (Å²) in [6, 6.07) is 5.14. The zero-order chi connectivity index (χ0) is 13.0. The van der Waals surface area contributed by atoms with Crippen molar-refractivity contribution >= 4 is 22.0 Å². The Hall–Kier alpha value is -2.15. The first kappa shape index (κ1) is 10.7. The molecule has 1 aliphatic rings. The summed E-state index contributed by atoms with van der Waals surface area (Å²) in [4.78, 5) is 0.785. The number of nitrogens with two attached hydrogens (primary N) is 1. The van der Waals surface area contributed by atoms with Crippen LogP contribution in [0.25, 0.3) is 15.5 Å². The highest BCUT2D eigenvalue weighted by atomic mass is 32.1. The molecule has 0 bridgehead atoms. The van der Waals surface area contributed by atoms with Crippen LogP contribution >= 0.6 is 11.3 Å². The standard InChI is InChI=1S/C12H11N5OS/c13-8-4-3-7(5-9(8)18)11-16-17-10(6-1-2-6)14-15-12(17)19-11/h3-6,18H,1-2,13H2. The molecule has 0 atom stereocenters. The van der Waals surface area contributed by atoms with Gasteiger partial charge in [0.05, 0.1) is 5.69 Å². The van der Waals surface area contributed by atoms with Crippen molar-refractivity contribution in [1.82, 2.24) is 19.8 Å². The number of nitrogens with zero attached hydrogens (tertiary/aromatic N) is 4. The number of aromatic hydroxyl groups is 1. The third-order valence-corrected chi connectivity index (χ3v) is 4.18. The molecule has 96 valence electrons. The lowest BCUT2D eigenvalue weighted by Gasteiger charge is -2.00. The van der Waals surface area contributed by atoms with E-state index < -0.39 is 0 Å². The van der Waals surface area contributed by atoms with Gasteiger partial charge >= 0.3 is 0 Å². The van der Waals surface area contributed by atoms with Gasteiger partial charge in [-0.2, -0.15) is 9.61 Å². The SMILES string of the molecule is Nc1ccc(-c2nn3c(C4CC4)nnc3s2)cc1O. The van der Waals surface area contributed by atoms with Gasteiger partial charge in [0.25, 0.3) is 0 Å². The number of hydrogen-bond donors (Lipinski definition) is 2. The third kappa shape index (κ3) is 1.66. The number of rotatable bonds is 2. The van der Waals surface area contributed by atoms with Gasteiger partial charge in [0, 0.05) is 11.5 Å². The number of aromatic nitrogens is 4. The van der Waals surface area contributed by atoms with Crippen LogP contribution in [0.5, 0.6) is 5.75 Å². The van der Waals surface area contributed by atoms with Crippen LogP contribution in [-0.4, -0.2) is 24.9 Å². The summed E-state index contributed by atoms with van der Waals surface area (Å²) in [5.74, 6) is 1.52. The van der Waals surface area contributed by atoms with Crippen LogP contribution in [0.4, 0.5) is 5.69 Å². The molecule has 1 fully saturated rings. The molecular formula is C12H11N5OS. The molecule has 19 heavy (non-hydrogen) atoms. The fourth-order valence-electron chi connectivity index (χ4n) is 2.02. The summed E-state index contributed by atoms with van der Waals surface area (Å²) in [5.41, 5.74) is 6.80. The number of phenols is 1. The minimum atomic E-state index is 0.0749. The molecular weight excluding hydrogens is 262 g/mol. The normalized spacial score (nSPS) is 15.2. The summed E-state index contributed by atoms with van der Waals surface area (Å²) in [5, 5.41) is 23.3. The van der Waals surface area contributed by atoms with Gasteiger partial charge in [-0.15, -0.1) is 10.2 Å². The van der Waals surface area contributed by atoms with Crippen LogP contribution < -0.4 is 5.73 Å². The molecule has 1 aromatic carbocycles. The average Bonchev–Trinajstić information content (AvgIpc) is 3.01. The smallest absolute Gasteiger partial charge is 0.234 e. The maximum atomic E-state index is 9.66. The first-order valence-electron chi connectivity index (χ1n) is 6.03. The number of benzene rings is 1. The Morgan fingerprint density at radius 2 is 2.16 bits per heavy atom. The Bertz CT molecular complexity index is 774. The zero-order valence-electron chi connectivity index (χ0n) is 9.95. The third-order valence-electron chi connectivity index (χ3n) is 3.23. The van der Waals surface area contributed by atoms with Crippen molar-refractivity contribution in [1.29, 1.82) is 0 Å². The van der Waals surface area contributed by atoms with E-state index in [1.165, 1.54) is 11.3 Å². The van der Waals surface area contributed by atoms with Gasteiger partial charge in [-0.25, -0.2) is 0 Å². The van der Waals surface area contributed by atoms with Crippen molar-refractivity contribution < 1.29 is 5.11 Å². The Labute approximate surface area is 112 Å². The summed E-state index contributed by atoms with van der Waals surface area (Å²) < 4.78 is 1.81. The van der Waals surface area contributed by atoms with Gasteiger partial charge in [-0.05, 0) is 31.0 Å². The van der Waals surface area contributed by atoms with Crippen molar-refractivity contribution in [2.75, 3.05) is 5.73 Å². The molecule has 0 radical (unpaired) electrons. The van der Waals surface area contributed by atoms with Crippen LogP contribution in [0, 0.1) is 0 Å². The van der Waals surface area contributed by atoms with E-state index in [4.69, 9.17) is 5.73 Å². The van der Waals surface area contributed by atoms with Gasteiger partial charge < -0.3 is 10.8 Å². The molecule has 0 unspecified atom stereocenters. The van der Waals surface area contributed by atoms with E-state index in [0.29, 0.717) is 11.6 Å². The van der Waals surface area contributed by atoms with Gasteiger partial charge in [0.15, 0.2) is 5.82 Å². The molecule has 1 aliphatic carbocycles. The molecule has 3 N–H and O–H groups in total. The number of nitrogen functional groups attached to an aromatic ring is 1. The Morgan fingerprint density at radius 3 is 2.89 bits per heavy atom. The average molecular weight is 273 g/mol. The second kappa shape index (κ2) is 3.67. The predicted molar refractivity (Wildman–Crippen MR) is 72.1 cm³/mol.